The summed E-state index contributed by atoms with van der Waals surface area (Å²) in [5, 5.41) is 0. The molecule has 0 atom stereocenters. The molecule has 0 spiro atoms. The van der Waals surface area contributed by atoms with E-state index in [-0.39, 0.29) is 0 Å². The van der Waals surface area contributed by atoms with Crippen molar-refractivity contribution in [2.75, 3.05) is 0 Å². The second-order valence-electron chi connectivity index (χ2n) is 3.06. The van der Waals surface area contributed by atoms with E-state index in [0.29, 0.717) is 0 Å². The number of benzene rings is 1. The predicted molar refractivity (Wildman–Crippen MR) is 47.2 cm³/mol. The molecule has 0 saturated heterocycles. The molecule has 1 aromatic carbocycles. The van der Waals surface area contributed by atoms with Gasteiger partial charge in [0.2, 0.25) is 0 Å². The highest BCUT2D eigenvalue weighted by atomic mass is 14.7. The first-order chi connectivity index (χ1) is 5.29. The Kier molecular flexibility index (Phi) is 1.31. The van der Waals surface area contributed by atoms with Gasteiger partial charge >= 0.3 is 0 Å². The van der Waals surface area contributed by atoms with Crippen LogP contribution >= 0.6 is 0 Å². The Morgan fingerprint density at radius 1 is 1.18 bits per heavy atom. The van der Waals surface area contributed by atoms with Crippen LogP contribution in [0.5, 0.6) is 0 Å². The molecule has 1 aromatic rings. The van der Waals surface area contributed by atoms with Gasteiger partial charge in [-0.25, -0.2) is 0 Å². The normalized spacial score (nSPS) is 13.6. The highest BCUT2D eigenvalue weighted by molar-refractivity contribution is 5.86. The van der Waals surface area contributed by atoms with Gasteiger partial charge in [0.15, 0.2) is 0 Å². The third kappa shape index (κ3) is 0.881. The molecule has 1 heterocycles. The summed E-state index contributed by atoms with van der Waals surface area (Å²) < 4.78 is 0. The molecule has 1 aliphatic rings. The smallest absolute Gasteiger partial charge is 0.0649 e. The number of aliphatic imine (C=N–C) groups is 1. The SMILES string of the molecule is Cc1ccc(C)c2c1C=NC2. The Morgan fingerprint density at radius 2 is 1.91 bits per heavy atom. The maximum Gasteiger partial charge on any atom is 0.0649 e. The first-order valence-electron chi connectivity index (χ1n) is 3.88. The molecular formula is C10H11N. The van der Waals surface area contributed by atoms with Gasteiger partial charge in [-0.15, -0.1) is 0 Å². The van der Waals surface area contributed by atoms with Crippen LogP contribution in [-0.2, 0) is 6.54 Å². The number of aryl methyl sites for hydroxylation is 2. The lowest BCUT2D eigenvalue weighted by Crippen LogP contribution is -1.91. The molecule has 0 radical (unpaired) electrons. The van der Waals surface area contributed by atoms with Crippen molar-refractivity contribution in [1.29, 1.82) is 0 Å². The first kappa shape index (κ1) is 6.59. The third-order valence-electron chi connectivity index (χ3n) is 2.28. The lowest BCUT2D eigenvalue weighted by atomic mass is 10.00. The Morgan fingerprint density at radius 3 is 2.64 bits per heavy atom. The molecule has 0 aliphatic carbocycles. The van der Waals surface area contributed by atoms with Crippen LogP contribution < -0.4 is 0 Å². The van der Waals surface area contributed by atoms with Crippen LogP contribution in [0.2, 0.25) is 0 Å². The Hall–Kier alpha value is -1.11. The monoisotopic (exact) mass is 145 g/mol. The standard InChI is InChI=1S/C10H11N/c1-7-3-4-8(2)10-6-11-5-9(7)10/h3-5H,6H2,1-2H3. The largest absolute Gasteiger partial charge is 0.288 e. The molecule has 1 heteroatoms. The Bertz CT molecular complexity index is 324. The zero-order chi connectivity index (χ0) is 7.84. The van der Waals surface area contributed by atoms with Crippen LogP contribution in [0.25, 0.3) is 0 Å². The molecule has 11 heavy (non-hydrogen) atoms. The van der Waals surface area contributed by atoms with E-state index in [1.54, 1.807) is 0 Å². The molecule has 0 aromatic heterocycles. The summed E-state index contributed by atoms with van der Waals surface area (Å²) in [6.45, 7) is 5.16. The summed E-state index contributed by atoms with van der Waals surface area (Å²) in [5.41, 5.74) is 5.45. The zero-order valence-electron chi connectivity index (χ0n) is 6.89. The van der Waals surface area contributed by atoms with Crippen molar-refractivity contribution in [2.24, 2.45) is 4.99 Å². The lowest BCUT2D eigenvalue weighted by Gasteiger charge is -2.04. The molecule has 2 rings (SSSR count). The van der Waals surface area contributed by atoms with E-state index in [1.165, 1.54) is 22.3 Å². The Labute approximate surface area is 66.8 Å². The fraction of sp³-hybridized carbons (Fsp3) is 0.300. The zero-order valence-corrected chi connectivity index (χ0v) is 6.89. The van der Waals surface area contributed by atoms with Crippen LogP contribution in [0.4, 0.5) is 0 Å². The quantitative estimate of drug-likeness (QED) is 0.531. The van der Waals surface area contributed by atoms with E-state index in [0.717, 1.165) is 6.54 Å². The minimum Gasteiger partial charge on any atom is -0.288 e. The van der Waals surface area contributed by atoms with Crippen molar-refractivity contribution in [3.8, 4) is 0 Å². The molecule has 56 valence electrons. The summed E-state index contributed by atoms with van der Waals surface area (Å²) in [7, 11) is 0. The average molecular weight is 145 g/mol. The van der Waals surface area contributed by atoms with Crippen molar-refractivity contribution < 1.29 is 0 Å². The third-order valence-corrected chi connectivity index (χ3v) is 2.28. The van der Waals surface area contributed by atoms with Gasteiger partial charge < -0.3 is 0 Å². The summed E-state index contributed by atoms with van der Waals surface area (Å²) in [6, 6.07) is 4.33. The lowest BCUT2D eigenvalue weighted by molar-refractivity contribution is 1.08. The van der Waals surface area contributed by atoms with Crippen molar-refractivity contribution in [3.63, 3.8) is 0 Å². The highest BCUT2D eigenvalue weighted by Crippen LogP contribution is 2.21. The van der Waals surface area contributed by atoms with Gasteiger partial charge in [0.05, 0.1) is 6.54 Å². The van der Waals surface area contributed by atoms with E-state index in [1.807, 2.05) is 6.21 Å². The van der Waals surface area contributed by atoms with Crippen LogP contribution in [0.15, 0.2) is 17.1 Å². The second kappa shape index (κ2) is 2.19. The molecule has 1 aliphatic heterocycles. The summed E-state index contributed by atoms with van der Waals surface area (Å²) in [6.07, 6.45) is 1.98. The maximum absolute atomic E-state index is 4.25. The van der Waals surface area contributed by atoms with Crippen molar-refractivity contribution >= 4 is 6.21 Å². The minimum absolute atomic E-state index is 0.878. The molecular weight excluding hydrogens is 134 g/mol. The number of rotatable bonds is 0. The van der Waals surface area contributed by atoms with Crippen LogP contribution in [0, 0.1) is 13.8 Å². The average Bonchev–Trinajstić information content (AvgIpc) is 2.45. The van der Waals surface area contributed by atoms with Crippen molar-refractivity contribution in [2.45, 2.75) is 20.4 Å². The van der Waals surface area contributed by atoms with Gasteiger partial charge in [-0.2, -0.15) is 0 Å². The van der Waals surface area contributed by atoms with Crippen molar-refractivity contribution in [3.05, 3.63) is 34.4 Å². The fourth-order valence-electron chi connectivity index (χ4n) is 1.51. The Balaban J connectivity index is 2.71. The van der Waals surface area contributed by atoms with Gasteiger partial charge in [-0.3, -0.25) is 4.99 Å². The number of hydrogen-bond donors (Lipinski definition) is 0. The van der Waals surface area contributed by atoms with Crippen LogP contribution in [0.3, 0.4) is 0 Å². The van der Waals surface area contributed by atoms with E-state index in [9.17, 15) is 0 Å². The van der Waals surface area contributed by atoms with E-state index in [4.69, 9.17) is 0 Å². The van der Waals surface area contributed by atoms with E-state index in [2.05, 4.69) is 31.0 Å². The molecule has 0 unspecified atom stereocenters. The highest BCUT2D eigenvalue weighted by Gasteiger charge is 2.09. The van der Waals surface area contributed by atoms with Crippen LogP contribution in [-0.4, -0.2) is 6.21 Å². The maximum atomic E-state index is 4.25. The van der Waals surface area contributed by atoms with Gasteiger partial charge in [-0.05, 0) is 30.5 Å². The molecule has 0 bridgehead atoms. The second-order valence-corrected chi connectivity index (χ2v) is 3.06. The number of hydrogen-bond acceptors (Lipinski definition) is 1. The first-order valence-corrected chi connectivity index (χ1v) is 3.88. The van der Waals surface area contributed by atoms with Crippen LogP contribution in [0.1, 0.15) is 22.3 Å². The molecule has 0 saturated carbocycles. The van der Waals surface area contributed by atoms with Gasteiger partial charge in [0, 0.05) is 11.8 Å². The van der Waals surface area contributed by atoms with Crippen molar-refractivity contribution in [1.82, 2.24) is 0 Å². The summed E-state index contributed by atoms with van der Waals surface area (Å²) in [4.78, 5) is 4.25. The molecule has 0 N–H and O–H groups in total. The number of nitrogens with zero attached hydrogens (tertiary/aromatic N) is 1. The topological polar surface area (TPSA) is 12.4 Å². The number of fused-ring (bicyclic) bond motifs is 1. The van der Waals surface area contributed by atoms with Gasteiger partial charge in [0.25, 0.3) is 0 Å². The molecule has 1 nitrogen and oxygen atoms in total. The van der Waals surface area contributed by atoms with Gasteiger partial charge in [0.1, 0.15) is 0 Å². The summed E-state index contributed by atoms with van der Waals surface area (Å²) in [5.74, 6) is 0. The van der Waals surface area contributed by atoms with Gasteiger partial charge in [-0.1, -0.05) is 12.1 Å². The van der Waals surface area contributed by atoms with E-state index >= 15 is 0 Å². The molecule has 0 amide bonds. The summed E-state index contributed by atoms with van der Waals surface area (Å²) >= 11 is 0. The predicted octanol–water partition coefficient (Wildman–Crippen LogP) is 2.24. The minimum atomic E-state index is 0.878. The fourth-order valence-corrected chi connectivity index (χ4v) is 1.51. The molecule has 0 fully saturated rings. The van der Waals surface area contributed by atoms with E-state index < -0.39 is 0 Å².